The molecule has 2 atom stereocenters. The Morgan fingerprint density at radius 3 is 1.92 bits per heavy atom. The van der Waals surface area contributed by atoms with E-state index >= 15 is 0 Å². The average Bonchev–Trinajstić information content (AvgIpc) is 2.94. The van der Waals surface area contributed by atoms with Crippen molar-refractivity contribution in [3.8, 4) is 0 Å². The quantitative estimate of drug-likeness (QED) is 0.500. The molecule has 1 heterocycles. The van der Waals surface area contributed by atoms with Crippen LogP contribution in [0.5, 0.6) is 0 Å². The molecule has 0 spiro atoms. The number of hydrogen-bond acceptors (Lipinski definition) is 3. The normalized spacial score (nSPS) is 20.5. The van der Waals surface area contributed by atoms with Crippen molar-refractivity contribution in [2.45, 2.75) is 103 Å². The van der Waals surface area contributed by atoms with E-state index in [9.17, 15) is 14.7 Å². The number of carbonyl (C=O) groups excluding carboxylic acids is 1. The van der Waals surface area contributed by atoms with Gasteiger partial charge in [0.15, 0.2) is 6.04 Å². The van der Waals surface area contributed by atoms with Crippen LogP contribution in [0.1, 0.15) is 90.4 Å². The molecule has 1 fully saturated rings. The fraction of sp³-hybridized carbons (Fsp3) is 0.895. The third-order valence-electron chi connectivity index (χ3n) is 4.93. The fourth-order valence-electron chi connectivity index (χ4n) is 3.44. The van der Waals surface area contributed by atoms with E-state index in [1.165, 1.54) is 56.3 Å². The molecular weight excluding hydrogens is 306 g/mol. The third kappa shape index (κ3) is 7.65. The number of carboxylic acids is 1. The van der Waals surface area contributed by atoms with E-state index in [0.717, 1.165) is 19.3 Å². The van der Waals surface area contributed by atoms with E-state index < -0.39 is 18.1 Å². The lowest BCUT2D eigenvalue weighted by Crippen LogP contribution is -2.44. The van der Waals surface area contributed by atoms with Gasteiger partial charge in [-0.1, -0.05) is 71.1 Å². The van der Waals surface area contributed by atoms with Gasteiger partial charge in [-0.3, -0.25) is 4.79 Å². The average molecular weight is 341 g/mol. The molecule has 5 heteroatoms. The van der Waals surface area contributed by atoms with Crippen LogP contribution in [0.15, 0.2) is 0 Å². The van der Waals surface area contributed by atoms with Gasteiger partial charge >= 0.3 is 5.97 Å². The fourth-order valence-corrected chi connectivity index (χ4v) is 3.44. The minimum Gasteiger partial charge on any atom is -0.480 e. The van der Waals surface area contributed by atoms with Crippen molar-refractivity contribution in [2.75, 3.05) is 6.54 Å². The Balaban J connectivity index is 2.01. The number of nitrogens with zero attached hydrogens (tertiary/aromatic N) is 1. The number of carboxylic acid groups (broad SMARTS) is 1. The molecule has 0 aromatic carbocycles. The third-order valence-corrected chi connectivity index (χ3v) is 4.93. The number of rotatable bonds is 13. The molecule has 0 bridgehead atoms. The monoisotopic (exact) mass is 341 g/mol. The van der Waals surface area contributed by atoms with Gasteiger partial charge in [0.05, 0.1) is 6.10 Å². The maximum atomic E-state index is 12.1. The van der Waals surface area contributed by atoms with Crippen molar-refractivity contribution in [3.63, 3.8) is 0 Å². The minimum atomic E-state index is -1.10. The Bertz CT molecular complexity index is 372. The Hall–Kier alpha value is -1.10. The van der Waals surface area contributed by atoms with Crippen molar-refractivity contribution in [1.29, 1.82) is 0 Å². The summed E-state index contributed by atoms with van der Waals surface area (Å²) in [6.45, 7) is 2.59. The van der Waals surface area contributed by atoms with Crippen LogP contribution in [-0.4, -0.2) is 45.7 Å². The molecule has 1 amide bonds. The first-order chi connectivity index (χ1) is 11.6. The van der Waals surface area contributed by atoms with Crippen LogP contribution in [0.3, 0.4) is 0 Å². The summed E-state index contributed by atoms with van der Waals surface area (Å²) in [6.07, 6.45) is 13.3. The van der Waals surface area contributed by atoms with Gasteiger partial charge < -0.3 is 15.1 Å². The summed E-state index contributed by atoms with van der Waals surface area (Å²) in [7, 11) is 0. The van der Waals surface area contributed by atoms with Crippen molar-refractivity contribution in [3.05, 3.63) is 0 Å². The van der Waals surface area contributed by atoms with Gasteiger partial charge in [0, 0.05) is 13.0 Å². The zero-order valence-electron chi connectivity index (χ0n) is 15.2. The van der Waals surface area contributed by atoms with Crippen LogP contribution in [0.2, 0.25) is 0 Å². The van der Waals surface area contributed by atoms with Crippen LogP contribution in [-0.2, 0) is 9.59 Å². The van der Waals surface area contributed by atoms with E-state index in [1.807, 2.05) is 0 Å². The van der Waals surface area contributed by atoms with E-state index in [0.29, 0.717) is 19.4 Å². The summed E-state index contributed by atoms with van der Waals surface area (Å²) in [5.74, 6) is -1.23. The highest BCUT2D eigenvalue weighted by atomic mass is 16.4. The smallest absolute Gasteiger partial charge is 0.329 e. The maximum Gasteiger partial charge on any atom is 0.329 e. The molecule has 1 aliphatic heterocycles. The summed E-state index contributed by atoms with van der Waals surface area (Å²) in [5, 5.41) is 18.8. The predicted molar refractivity (Wildman–Crippen MR) is 94.8 cm³/mol. The SMILES string of the molecule is CCCCCCCCCCCCCC(=O)N1CCC(O)[C@H]1C(=O)O. The number of carbonyl (C=O) groups is 2. The van der Waals surface area contributed by atoms with Gasteiger partial charge in [-0.2, -0.15) is 0 Å². The lowest BCUT2D eigenvalue weighted by molar-refractivity contribution is -0.151. The zero-order valence-corrected chi connectivity index (χ0v) is 15.2. The van der Waals surface area contributed by atoms with Gasteiger partial charge in [-0.05, 0) is 12.8 Å². The number of likely N-dealkylation sites (tertiary alicyclic amines) is 1. The number of hydrogen-bond donors (Lipinski definition) is 2. The summed E-state index contributed by atoms with van der Waals surface area (Å²) >= 11 is 0. The molecule has 1 saturated heterocycles. The Labute approximate surface area is 146 Å². The second-order valence-corrected chi connectivity index (χ2v) is 7.01. The topological polar surface area (TPSA) is 77.8 Å². The molecule has 1 rings (SSSR count). The summed E-state index contributed by atoms with van der Waals surface area (Å²) in [5.41, 5.74) is 0. The standard InChI is InChI=1S/C19H35NO4/c1-2-3-4-5-6-7-8-9-10-11-12-13-17(22)20-15-14-16(21)18(20)19(23)24/h16,18,21H,2-15H2,1H3,(H,23,24)/t16?,18-/m0/s1. The molecule has 2 N–H and O–H groups in total. The van der Waals surface area contributed by atoms with Gasteiger partial charge in [0.25, 0.3) is 0 Å². The molecule has 5 nitrogen and oxygen atoms in total. The van der Waals surface area contributed by atoms with Crippen molar-refractivity contribution >= 4 is 11.9 Å². The summed E-state index contributed by atoms with van der Waals surface area (Å²) in [4.78, 5) is 24.6. The van der Waals surface area contributed by atoms with Crippen molar-refractivity contribution in [2.24, 2.45) is 0 Å². The Morgan fingerprint density at radius 2 is 1.42 bits per heavy atom. The lowest BCUT2D eigenvalue weighted by atomic mass is 10.0. The minimum absolute atomic E-state index is 0.130. The summed E-state index contributed by atoms with van der Waals surface area (Å²) < 4.78 is 0. The molecule has 0 aromatic rings. The van der Waals surface area contributed by atoms with Crippen molar-refractivity contribution < 1.29 is 19.8 Å². The van der Waals surface area contributed by atoms with Crippen LogP contribution >= 0.6 is 0 Å². The molecule has 0 radical (unpaired) electrons. The largest absolute Gasteiger partial charge is 0.480 e. The molecule has 140 valence electrons. The molecule has 1 aliphatic rings. The van der Waals surface area contributed by atoms with Gasteiger partial charge in [0.2, 0.25) is 5.91 Å². The first-order valence-electron chi connectivity index (χ1n) is 9.78. The molecule has 0 aliphatic carbocycles. The highest BCUT2D eigenvalue weighted by Gasteiger charge is 2.40. The molecule has 0 aromatic heterocycles. The van der Waals surface area contributed by atoms with Gasteiger partial charge in [-0.25, -0.2) is 4.79 Å². The number of aliphatic carboxylic acids is 1. The molecular formula is C19H35NO4. The zero-order chi connectivity index (χ0) is 17.8. The van der Waals surface area contributed by atoms with Crippen LogP contribution < -0.4 is 0 Å². The van der Waals surface area contributed by atoms with Crippen LogP contribution in [0.4, 0.5) is 0 Å². The number of aliphatic hydroxyl groups is 1. The van der Waals surface area contributed by atoms with Crippen molar-refractivity contribution in [1.82, 2.24) is 4.90 Å². The van der Waals surface area contributed by atoms with Gasteiger partial charge in [0.1, 0.15) is 0 Å². The second kappa shape index (κ2) is 12.3. The predicted octanol–water partition coefficient (Wildman–Crippen LogP) is 3.73. The number of amides is 1. The van der Waals surface area contributed by atoms with E-state index in [1.54, 1.807) is 0 Å². The van der Waals surface area contributed by atoms with Crippen LogP contribution in [0, 0.1) is 0 Å². The second-order valence-electron chi connectivity index (χ2n) is 7.01. The molecule has 1 unspecified atom stereocenters. The van der Waals surface area contributed by atoms with Gasteiger partial charge in [-0.15, -0.1) is 0 Å². The highest BCUT2D eigenvalue weighted by Crippen LogP contribution is 2.20. The summed E-state index contributed by atoms with van der Waals surface area (Å²) in [6, 6.07) is -1.05. The highest BCUT2D eigenvalue weighted by molar-refractivity contribution is 5.84. The van der Waals surface area contributed by atoms with Crippen LogP contribution in [0.25, 0.3) is 0 Å². The molecule has 0 saturated carbocycles. The Morgan fingerprint density at radius 1 is 0.917 bits per heavy atom. The first-order valence-corrected chi connectivity index (χ1v) is 9.78. The molecule has 24 heavy (non-hydrogen) atoms. The Kier molecular flexibility index (Phi) is 10.7. The first kappa shape index (κ1) is 20.9. The van der Waals surface area contributed by atoms with E-state index in [-0.39, 0.29) is 5.91 Å². The maximum absolute atomic E-state index is 12.1. The van der Waals surface area contributed by atoms with E-state index in [2.05, 4.69) is 6.92 Å². The van der Waals surface area contributed by atoms with E-state index in [4.69, 9.17) is 5.11 Å². The number of unbranched alkanes of at least 4 members (excludes halogenated alkanes) is 10. The number of aliphatic hydroxyl groups excluding tert-OH is 1. The lowest BCUT2D eigenvalue weighted by Gasteiger charge is -2.22.